The van der Waals surface area contributed by atoms with E-state index in [9.17, 15) is 18.3 Å². The van der Waals surface area contributed by atoms with Gasteiger partial charge in [0, 0.05) is 16.6 Å². The van der Waals surface area contributed by atoms with Crippen LogP contribution in [0.2, 0.25) is 0 Å². The molecule has 0 saturated heterocycles. The van der Waals surface area contributed by atoms with Gasteiger partial charge in [0.25, 0.3) is 0 Å². The molecule has 9 heteroatoms. The lowest BCUT2D eigenvalue weighted by Crippen LogP contribution is -2.27. The van der Waals surface area contributed by atoms with Crippen LogP contribution in [-0.4, -0.2) is 41.1 Å². The van der Waals surface area contributed by atoms with E-state index < -0.39 is 26.6 Å². The number of phenolic OH excluding ortho intramolecular Hbond substituents is 1. The van der Waals surface area contributed by atoms with Crippen LogP contribution in [-0.2, 0) is 30.2 Å². The summed E-state index contributed by atoms with van der Waals surface area (Å²) in [6.45, 7) is 15.2. The molecule has 1 aromatic heterocycles. The van der Waals surface area contributed by atoms with Crippen molar-refractivity contribution in [1.29, 1.82) is 0 Å². The van der Waals surface area contributed by atoms with Gasteiger partial charge in [0.15, 0.2) is 0 Å². The van der Waals surface area contributed by atoms with Gasteiger partial charge < -0.3 is 9.84 Å². The summed E-state index contributed by atoms with van der Waals surface area (Å²) in [5, 5.41) is 20.4. The van der Waals surface area contributed by atoms with E-state index in [1.165, 1.54) is 16.9 Å². The molecule has 0 aliphatic rings. The lowest BCUT2D eigenvalue weighted by atomic mass is 9.79. The molecule has 0 unspecified atom stereocenters. The molecule has 39 heavy (non-hydrogen) atoms. The first-order valence-corrected chi connectivity index (χ1v) is 14.0. The van der Waals surface area contributed by atoms with Crippen LogP contribution in [0.1, 0.15) is 52.7 Å². The summed E-state index contributed by atoms with van der Waals surface area (Å²) in [6.07, 6.45) is 0. The number of carbonyl (C=O) groups excluding carboxylic acids is 1. The smallest absolute Gasteiger partial charge is 0.333 e. The van der Waals surface area contributed by atoms with Crippen molar-refractivity contribution in [3.05, 3.63) is 83.9 Å². The summed E-state index contributed by atoms with van der Waals surface area (Å²) in [5.41, 5.74) is 1.92. The Balaban J connectivity index is 1.82. The van der Waals surface area contributed by atoms with Gasteiger partial charge in [0.2, 0.25) is 9.84 Å². The maximum Gasteiger partial charge on any atom is 0.333 e. The number of aromatic nitrogens is 3. The third kappa shape index (κ3) is 5.59. The summed E-state index contributed by atoms with van der Waals surface area (Å²) in [6, 6.07) is 16.4. The van der Waals surface area contributed by atoms with E-state index in [0.717, 1.165) is 5.56 Å². The van der Waals surface area contributed by atoms with Crippen LogP contribution < -0.4 is 0 Å². The average Bonchev–Trinajstić information content (AvgIpc) is 3.30. The van der Waals surface area contributed by atoms with Crippen molar-refractivity contribution in [3.63, 3.8) is 0 Å². The largest absolute Gasteiger partial charge is 0.505 e. The van der Waals surface area contributed by atoms with Crippen LogP contribution in [0, 0.1) is 0 Å². The van der Waals surface area contributed by atoms with E-state index >= 15 is 0 Å². The molecule has 3 aromatic carbocycles. The van der Waals surface area contributed by atoms with Gasteiger partial charge in [-0.25, -0.2) is 13.2 Å². The highest BCUT2D eigenvalue weighted by Gasteiger charge is 2.30. The summed E-state index contributed by atoms with van der Waals surface area (Å²) >= 11 is 0. The first-order chi connectivity index (χ1) is 18.1. The van der Waals surface area contributed by atoms with Crippen LogP contribution in [0.4, 0.5) is 0 Å². The molecule has 0 aliphatic heterocycles. The molecular weight excluding hydrogens is 514 g/mol. The van der Waals surface area contributed by atoms with Crippen LogP contribution in [0.15, 0.2) is 82.6 Å². The number of rotatable bonds is 7. The molecule has 0 bridgehead atoms. The molecule has 1 N–H and O–H groups in total. The minimum absolute atomic E-state index is 0.0124. The van der Waals surface area contributed by atoms with E-state index in [0.29, 0.717) is 27.9 Å². The first-order valence-electron chi connectivity index (χ1n) is 12.5. The fraction of sp³-hybridized carbons (Fsp3) is 0.300. The third-order valence-corrected chi connectivity index (χ3v) is 8.29. The normalized spacial score (nSPS) is 12.5. The van der Waals surface area contributed by atoms with Crippen molar-refractivity contribution in [2.75, 3.05) is 6.61 Å². The highest BCUT2D eigenvalue weighted by Crippen LogP contribution is 2.39. The van der Waals surface area contributed by atoms with Crippen LogP contribution in [0.25, 0.3) is 16.7 Å². The Bertz CT molecular complexity index is 1680. The monoisotopic (exact) mass is 547 g/mol. The molecule has 0 aliphatic carbocycles. The van der Waals surface area contributed by atoms with Gasteiger partial charge >= 0.3 is 5.97 Å². The van der Waals surface area contributed by atoms with Gasteiger partial charge in [-0.05, 0) is 54.3 Å². The molecule has 204 valence electrons. The Kier molecular flexibility index (Phi) is 7.16. The first kappa shape index (κ1) is 28.0. The molecule has 0 atom stereocenters. The highest BCUT2D eigenvalue weighted by atomic mass is 32.2. The van der Waals surface area contributed by atoms with Crippen molar-refractivity contribution < 1.29 is 23.1 Å². The number of benzene rings is 3. The number of aromatic hydroxyl groups is 1. The second-order valence-electron chi connectivity index (χ2n) is 11.3. The van der Waals surface area contributed by atoms with Crippen molar-refractivity contribution in [3.8, 4) is 11.4 Å². The van der Waals surface area contributed by atoms with Gasteiger partial charge in [-0.15, -0.1) is 15.0 Å². The Hall–Kier alpha value is -3.98. The summed E-state index contributed by atoms with van der Waals surface area (Å²) in [5.74, 6) is -0.460. The molecule has 1 heterocycles. The molecule has 4 rings (SSSR count). The predicted octanol–water partition coefficient (Wildman–Crippen LogP) is 5.65. The molecule has 0 fully saturated rings. The second kappa shape index (κ2) is 9.96. The standard InChI is InChI=1S/C30H33N3O5S/c1-19(2)28(35)38-18-30(6,7)20-15-23(29(3,4)5)27(34)26(16-20)33-31-24-14-13-22(17-25(24)32-33)39(36,37)21-11-9-8-10-12-21/h8-17,34H,1,18H2,2-7H3. The van der Waals surface area contributed by atoms with Gasteiger partial charge in [0.1, 0.15) is 29.1 Å². The van der Waals surface area contributed by atoms with Crippen LogP contribution in [0.3, 0.4) is 0 Å². The fourth-order valence-corrected chi connectivity index (χ4v) is 5.39. The second-order valence-corrected chi connectivity index (χ2v) is 13.3. The maximum atomic E-state index is 13.1. The molecule has 8 nitrogen and oxygen atoms in total. The topological polar surface area (TPSA) is 111 Å². The summed E-state index contributed by atoms with van der Waals surface area (Å²) in [7, 11) is -3.74. The zero-order valence-corrected chi connectivity index (χ0v) is 23.8. The van der Waals surface area contributed by atoms with Gasteiger partial charge in [-0.1, -0.05) is 65.5 Å². The molecule has 0 spiro atoms. The molecule has 0 radical (unpaired) electrons. The van der Waals surface area contributed by atoms with Crippen LogP contribution in [0.5, 0.6) is 5.75 Å². The number of carbonyl (C=O) groups is 1. The zero-order valence-electron chi connectivity index (χ0n) is 23.0. The Morgan fingerprint density at radius 1 is 0.949 bits per heavy atom. The van der Waals surface area contributed by atoms with Crippen molar-refractivity contribution >= 4 is 26.8 Å². The zero-order chi connectivity index (χ0) is 28.8. The number of ether oxygens (including phenoxy) is 1. The number of phenols is 1. The maximum absolute atomic E-state index is 13.1. The number of fused-ring (bicyclic) bond motifs is 1. The van der Waals surface area contributed by atoms with Crippen LogP contribution >= 0.6 is 0 Å². The van der Waals surface area contributed by atoms with E-state index in [2.05, 4.69) is 16.8 Å². The highest BCUT2D eigenvalue weighted by molar-refractivity contribution is 7.91. The minimum atomic E-state index is -3.74. The SMILES string of the molecule is C=C(C)C(=O)OCC(C)(C)c1cc(-n2nc3ccc(S(=O)(=O)c4ccccc4)cc3n2)c(O)c(C(C)(C)C)c1. The van der Waals surface area contributed by atoms with Crippen molar-refractivity contribution in [2.45, 2.75) is 62.2 Å². The Morgan fingerprint density at radius 2 is 1.59 bits per heavy atom. The number of hydrogen-bond donors (Lipinski definition) is 1. The van der Waals surface area contributed by atoms with E-state index in [-0.39, 0.29) is 22.1 Å². The number of sulfone groups is 1. The summed E-state index contributed by atoms with van der Waals surface area (Å²) < 4.78 is 31.7. The van der Waals surface area contributed by atoms with Gasteiger partial charge in [-0.3, -0.25) is 0 Å². The molecular formula is C30H33N3O5S. The molecule has 0 saturated carbocycles. The lowest BCUT2D eigenvalue weighted by molar-refractivity contribution is -0.140. The number of esters is 1. The van der Waals surface area contributed by atoms with E-state index in [1.807, 2.05) is 40.7 Å². The molecule has 0 amide bonds. The Morgan fingerprint density at radius 3 is 2.21 bits per heavy atom. The van der Waals surface area contributed by atoms with Gasteiger partial charge in [-0.2, -0.15) is 0 Å². The van der Waals surface area contributed by atoms with Crippen molar-refractivity contribution in [2.24, 2.45) is 0 Å². The average molecular weight is 548 g/mol. The van der Waals surface area contributed by atoms with E-state index in [1.54, 1.807) is 49.4 Å². The lowest BCUT2D eigenvalue weighted by Gasteiger charge is -2.29. The summed E-state index contributed by atoms with van der Waals surface area (Å²) in [4.78, 5) is 13.6. The quantitative estimate of drug-likeness (QED) is 0.235. The Labute approximate surface area is 228 Å². The predicted molar refractivity (Wildman–Crippen MR) is 150 cm³/mol. The van der Waals surface area contributed by atoms with Gasteiger partial charge in [0.05, 0.1) is 9.79 Å². The number of nitrogens with zero attached hydrogens (tertiary/aromatic N) is 3. The third-order valence-electron chi connectivity index (χ3n) is 6.52. The molecule has 4 aromatic rings. The number of hydrogen-bond acceptors (Lipinski definition) is 7. The van der Waals surface area contributed by atoms with E-state index in [4.69, 9.17) is 4.74 Å². The van der Waals surface area contributed by atoms with Crippen molar-refractivity contribution in [1.82, 2.24) is 15.0 Å². The fourth-order valence-electron chi connectivity index (χ4n) is 4.09. The minimum Gasteiger partial charge on any atom is -0.505 e.